The molecule has 1 atom stereocenters. The fraction of sp³-hybridized carbons (Fsp3) is 0.391. The van der Waals surface area contributed by atoms with Gasteiger partial charge >= 0.3 is 0 Å². The van der Waals surface area contributed by atoms with E-state index in [1.807, 2.05) is 45.0 Å². The van der Waals surface area contributed by atoms with Gasteiger partial charge in [-0.2, -0.15) is 0 Å². The summed E-state index contributed by atoms with van der Waals surface area (Å²) in [4.78, 5) is 24.5. The summed E-state index contributed by atoms with van der Waals surface area (Å²) in [5.74, 6) is 0.344. The highest BCUT2D eigenvalue weighted by molar-refractivity contribution is 5.98. The van der Waals surface area contributed by atoms with Crippen LogP contribution in [0, 0.1) is 0 Å². The molecule has 0 aliphatic carbocycles. The van der Waals surface area contributed by atoms with Gasteiger partial charge in [0.1, 0.15) is 12.4 Å². The van der Waals surface area contributed by atoms with Gasteiger partial charge in [-0.25, -0.2) is 0 Å². The highest BCUT2D eigenvalue weighted by atomic mass is 16.5. The second kappa shape index (κ2) is 12.5. The van der Waals surface area contributed by atoms with E-state index in [2.05, 4.69) is 16.0 Å². The fourth-order valence-electron chi connectivity index (χ4n) is 2.59. The van der Waals surface area contributed by atoms with Gasteiger partial charge in [0, 0.05) is 35.7 Å². The van der Waals surface area contributed by atoms with Gasteiger partial charge in [-0.1, -0.05) is 19.1 Å². The van der Waals surface area contributed by atoms with Crippen LogP contribution in [0.4, 0.5) is 11.4 Å². The summed E-state index contributed by atoms with van der Waals surface area (Å²) in [6, 6.07) is 14.4. The van der Waals surface area contributed by atoms with E-state index in [-0.39, 0.29) is 24.4 Å². The first-order chi connectivity index (χ1) is 14.5. The molecule has 1 unspecified atom stereocenters. The molecule has 0 saturated heterocycles. The molecule has 0 aliphatic heterocycles. The summed E-state index contributed by atoms with van der Waals surface area (Å²) >= 11 is 0. The Morgan fingerprint density at radius 1 is 1.00 bits per heavy atom. The number of benzene rings is 2. The zero-order chi connectivity index (χ0) is 21.8. The van der Waals surface area contributed by atoms with E-state index >= 15 is 0 Å². The second-order valence-electron chi connectivity index (χ2n) is 6.84. The lowest BCUT2D eigenvalue weighted by molar-refractivity contribution is -0.114. The molecule has 0 bridgehead atoms. The van der Waals surface area contributed by atoms with Crippen LogP contribution in [0.5, 0.6) is 5.75 Å². The molecule has 0 aromatic heterocycles. The number of anilines is 2. The Kier molecular flexibility index (Phi) is 9.67. The summed E-state index contributed by atoms with van der Waals surface area (Å²) in [5.41, 5.74) is 1.87. The average molecular weight is 414 g/mol. The van der Waals surface area contributed by atoms with Crippen LogP contribution in [0.15, 0.2) is 48.5 Å². The first kappa shape index (κ1) is 23.2. The van der Waals surface area contributed by atoms with Crippen LogP contribution in [-0.2, 0) is 9.53 Å². The minimum Gasteiger partial charge on any atom is -0.491 e. The van der Waals surface area contributed by atoms with Gasteiger partial charge < -0.3 is 25.4 Å². The van der Waals surface area contributed by atoms with Crippen molar-refractivity contribution in [3.63, 3.8) is 0 Å². The summed E-state index contributed by atoms with van der Waals surface area (Å²) in [7, 11) is 0. The lowest BCUT2D eigenvalue weighted by Crippen LogP contribution is -2.32. The van der Waals surface area contributed by atoms with Crippen LogP contribution in [0.2, 0.25) is 0 Å². The van der Waals surface area contributed by atoms with Crippen molar-refractivity contribution < 1.29 is 19.1 Å². The molecule has 30 heavy (non-hydrogen) atoms. The van der Waals surface area contributed by atoms with Crippen molar-refractivity contribution in [3.05, 3.63) is 54.1 Å². The van der Waals surface area contributed by atoms with Crippen molar-refractivity contribution in [2.24, 2.45) is 0 Å². The van der Waals surface area contributed by atoms with E-state index in [4.69, 9.17) is 9.47 Å². The smallest absolute Gasteiger partial charge is 0.251 e. The minimum absolute atomic E-state index is 0.0890. The van der Waals surface area contributed by atoms with E-state index in [1.54, 1.807) is 24.3 Å². The predicted molar refractivity (Wildman–Crippen MR) is 119 cm³/mol. The van der Waals surface area contributed by atoms with Gasteiger partial charge in [0.15, 0.2) is 0 Å². The Hall–Kier alpha value is -3.06. The Morgan fingerprint density at radius 2 is 1.77 bits per heavy atom. The van der Waals surface area contributed by atoms with Gasteiger partial charge in [-0.15, -0.1) is 0 Å². The van der Waals surface area contributed by atoms with Crippen LogP contribution in [0.3, 0.4) is 0 Å². The molecule has 2 amide bonds. The Bertz CT molecular complexity index is 826. The van der Waals surface area contributed by atoms with Crippen LogP contribution in [0.1, 0.15) is 37.6 Å². The number of rotatable bonds is 12. The Morgan fingerprint density at radius 3 is 2.53 bits per heavy atom. The molecular weight excluding hydrogens is 382 g/mol. The number of nitrogens with one attached hydrogen (secondary N) is 3. The van der Waals surface area contributed by atoms with E-state index in [0.29, 0.717) is 36.8 Å². The number of ether oxygens (including phenoxy) is 2. The van der Waals surface area contributed by atoms with E-state index in [9.17, 15) is 9.59 Å². The monoisotopic (exact) mass is 413 g/mol. The lowest BCUT2D eigenvalue weighted by atomic mass is 10.1. The van der Waals surface area contributed by atoms with Gasteiger partial charge in [0.25, 0.3) is 5.91 Å². The van der Waals surface area contributed by atoms with Crippen LogP contribution >= 0.6 is 0 Å². The summed E-state index contributed by atoms with van der Waals surface area (Å²) < 4.78 is 10.9. The van der Waals surface area contributed by atoms with E-state index in [0.717, 1.165) is 12.1 Å². The quantitative estimate of drug-likeness (QED) is 0.462. The van der Waals surface area contributed by atoms with Crippen LogP contribution in [-0.4, -0.2) is 44.2 Å². The van der Waals surface area contributed by atoms with Gasteiger partial charge in [-0.3, -0.25) is 9.59 Å². The van der Waals surface area contributed by atoms with E-state index in [1.165, 1.54) is 0 Å². The minimum atomic E-state index is -0.211. The van der Waals surface area contributed by atoms with Crippen LogP contribution < -0.4 is 20.7 Å². The van der Waals surface area contributed by atoms with Crippen molar-refractivity contribution in [1.82, 2.24) is 5.32 Å². The van der Waals surface area contributed by atoms with Crippen molar-refractivity contribution in [3.8, 4) is 5.75 Å². The highest BCUT2D eigenvalue weighted by Gasteiger charge is 2.10. The van der Waals surface area contributed by atoms with Gasteiger partial charge in [0.2, 0.25) is 5.91 Å². The summed E-state index contributed by atoms with van der Waals surface area (Å²) in [5, 5.41) is 8.80. The molecule has 0 spiro atoms. The third-order valence-electron chi connectivity index (χ3n) is 4.39. The molecule has 0 radical (unpaired) electrons. The lowest BCUT2D eigenvalue weighted by Gasteiger charge is -2.13. The molecular formula is C23H31N3O4. The normalized spacial score (nSPS) is 11.4. The first-order valence-electron chi connectivity index (χ1n) is 10.3. The summed E-state index contributed by atoms with van der Waals surface area (Å²) in [6.45, 7) is 7.65. The van der Waals surface area contributed by atoms with Crippen molar-refractivity contribution in [2.75, 3.05) is 37.0 Å². The molecule has 2 aromatic carbocycles. The second-order valence-corrected chi connectivity index (χ2v) is 6.84. The number of carbonyl (C=O) groups is 2. The SMILES string of the molecule is CCOCCOc1cccc(NCC(=O)Nc2cccc(C(=O)NC(C)CC)c2)c1. The Balaban J connectivity index is 1.85. The van der Waals surface area contributed by atoms with Crippen LogP contribution in [0.25, 0.3) is 0 Å². The highest BCUT2D eigenvalue weighted by Crippen LogP contribution is 2.17. The molecule has 7 nitrogen and oxygen atoms in total. The molecule has 0 aliphatic rings. The number of carbonyl (C=O) groups excluding carboxylic acids is 2. The largest absolute Gasteiger partial charge is 0.491 e. The third kappa shape index (κ3) is 8.13. The first-order valence-corrected chi connectivity index (χ1v) is 10.3. The van der Waals surface area contributed by atoms with Gasteiger partial charge in [-0.05, 0) is 50.6 Å². The third-order valence-corrected chi connectivity index (χ3v) is 4.39. The van der Waals surface area contributed by atoms with Crippen molar-refractivity contribution in [2.45, 2.75) is 33.2 Å². The number of hydrogen-bond donors (Lipinski definition) is 3. The fourth-order valence-corrected chi connectivity index (χ4v) is 2.59. The zero-order valence-corrected chi connectivity index (χ0v) is 17.9. The number of hydrogen-bond acceptors (Lipinski definition) is 5. The molecule has 0 fully saturated rings. The topological polar surface area (TPSA) is 88.7 Å². The maximum absolute atomic E-state index is 12.3. The maximum Gasteiger partial charge on any atom is 0.251 e. The molecule has 162 valence electrons. The molecule has 2 aromatic rings. The van der Waals surface area contributed by atoms with Gasteiger partial charge in [0.05, 0.1) is 13.2 Å². The molecule has 2 rings (SSSR count). The van der Waals surface area contributed by atoms with Crippen molar-refractivity contribution >= 4 is 23.2 Å². The average Bonchev–Trinajstić information content (AvgIpc) is 2.75. The predicted octanol–water partition coefficient (Wildman–Crippen LogP) is 3.68. The maximum atomic E-state index is 12.3. The molecule has 3 N–H and O–H groups in total. The Labute approximate surface area is 178 Å². The summed E-state index contributed by atoms with van der Waals surface area (Å²) in [6.07, 6.45) is 0.854. The number of amides is 2. The molecule has 7 heteroatoms. The van der Waals surface area contributed by atoms with E-state index < -0.39 is 0 Å². The molecule has 0 heterocycles. The standard InChI is InChI=1S/C23H31N3O4/c1-4-17(3)25-23(28)18-8-6-10-20(14-18)26-22(27)16-24-19-9-7-11-21(15-19)30-13-12-29-5-2/h6-11,14-15,17,24H,4-5,12-13,16H2,1-3H3,(H,25,28)(H,26,27). The zero-order valence-electron chi connectivity index (χ0n) is 17.9. The molecule has 0 saturated carbocycles. The van der Waals surface area contributed by atoms with Crippen molar-refractivity contribution in [1.29, 1.82) is 0 Å².